The minimum absolute atomic E-state index is 0.169. The first-order valence-electron chi connectivity index (χ1n) is 10.0. The molecule has 0 saturated heterocycles. The van der Waals surface area contributed by atoms with Crippen LogP contribution in [-0.2, 0) is 13.1 Å². The number of nitriles is 1. The molecule has 0 amide bonds. The van der Waals surface area contributed by atoms with Crippen LogP contribution < -0.4 is 11.2 Å². The second kappa shape index (κ2) is 7.36. The molecule has 1 saturated carbocycles. The van der Waals surface area contributed by atoms with Crippen LogP contribution in [0.3, 0.4) is 0 Å². The predicted octanol–water partition coefficient (Wildman–Crippen LogP) is 2.82. The van der Waals surface area contributed by atoms with Gasteiger partial charge in [-0.3, -0.25) is 9.36 Å². The van der Waals surface area contributed by atoms with Crippen molar-refractivity contribution in [3.63, 3.8) is 0 Å². The summed E-state index contributed by atoms with van der Waals surface area (Å²) in [4.78, 5) is 30.9. The van der Waals surface area contributed by atoms with Gasteiger partial charge in [-0.1, -0.05) is 24.3 Å². The van der Waals surface area contributed by atoms with Gasteiger partial charge in [0.25, 0.3) is 5.56 Å². The van der Waals surface area contributed by atoms with Gasteiger partial charge in [0.1, 0.15) is 5.82 Å². The summed E-state index contributed by atoms with van der Waals surface area (Å²) in [7, 11) is 0. The lowest BCUT2D eigenvalue weighted by molar-refractivity contribution is 0.566. The summed E-state index contributed by atoms with van der Waals surface area (Å²) in [5.74, 6) is -0.195. The summed E-state index contributed by atoms with van der Waals surface area (Å²) in [5, 5.41) is 9.40. The standard InChI is InChI=1S/C23H18FN5O2/c24-18-6-3-7-19(10-18)29-21-20(22(30)28(23(29)31)12-15-8-9-15)27(14-26-21)13-17-5-2-1-4-16(17)11-25/h1-7,10,14-15H,8-9,12-13H2. The number of halogens is 1. The van der Waals surface area contributed by atoms with Crippen LogP contribution in [-0.4, -0.2) is 18.7 Å². The van der Waals surface area contributed by atoms with E-state index in [2.05, 4.69) is 11.1 Å². The predicted molar refractivity (Wildman–Crippen MR) is 113 cm³/mol. The summed E-state index contributed by atoms with van der Waals surface area (Å²) in [6, 6.07) is 14.9. The van der Waals surface area contributed by atoms with E-state index in [0.29, 0.717) is 23.7 Å². The molecule has 31 heavy (non-hydrogen) atoms. The van der Waals surface area contributed by atoms with Gasteiger partial charge in [-0.25, -0.2) is 18.7 Å². The molecule has 2 heterocycles. The van der Waals surface area contributed by atoms with Gasteiger partial charge in [0, 0.05) is 6.54 Å². The molecule has 0 bridgehead atoms. The van der Waals surface area contributed by atoms with Crippen LogP contribution in [0.5, 0.6) is 0 Å². The van der Waals surface area contributed by atoms with Crippen molar-refractivity contribution in [3.8, 4) is 11.8 Å². The van der Waals surface area contributed by atoms with Gasteiger partial charge in [0.05, 0.1) is 30.2 Å². The van der Waals surface area contributed by atoms with Gasteiger partial charge in [-0.2, -0.15) is 5.26 Å². The van der Waals surface area contributed by atoms with Crippen LogP contribution in [0, 0.1) is 23.1 Å². The molecule has 0 unspecified atom stereocenters. The molecule has 0 spiro atoms. The Morgan fingerprint density at radius 1 is 1.13 bits per heavy atom. The van der Waals surface area contributed by atoms with E-state index in [0.717, 1.165) is 18.4 Å². The van der Waals surface area contributed by atoms with E-state index in [1.807, 2.05) is 12.1 Å². The van der Waals surface area contributed by atoms with E-state index in [1.165, 1.54) is 33.7 Å². The van der Waals surface area contributed by atoms with Crippen molar-refractivity contribution in [1.29, 1.82) is 5.26 Å². The summed E-state index contributed by atoms with van der Waals surface area (Å²) >= 11 is 0. The van der Waals surface area contributed by atoms with Crippen LogP contribution in [0.4, 0.5) is 4.39 Å². The summed E-state index contributed by atoms with van der Waals surface area (Å²) in [6.07, 6.45) is 3.42. The fourth-order valence-electron chi connectivity index (χ4n) is 3.82. The first kappa shape index (κ1) is 19.0. The van der Waals surface area contributed by atoms with Gasteiger partial charge in [0.15, 0.2) is 11.2 Å². The van der Waals surface area contributed by atoms with Gasteiger partial charge < -0.3 is 4.57 Å². The number of fused-ring (bicyclic) bond motifs is 1. The quantitative estimate of drug-likeness (QED) is 0.502. The molecule has 1 aliphatic carbocycles. The minimum Gasteiger partial charge on any atom is -0.320 e. The molecule has 7 nitrogen and oxygen atoms in total. The molecule has 4 aromatic rings. The Morgan fingerprint density at radius 2 is 1.94 bits per heavy atom. The molecular formula is C23H18FN5O2. The zero-order valence-corrected chi connectivity index (χ0v) is 16.5. The molecule has 8 heteroatoms. The Bertz CT molecular complexity index is 1470. The molecule has 0 aliphatic heterocycles. The van der Waals surface area contributed by atoms with Crippen molar-refractivity contribution in [2.24, 2.45) is 5.92 Å². The van der Waals surface area contributed by atoms with E-state index < -0.39 is 17.1 Å². The van der Waals surface area contributed by atoms with Gasteiger partial charge in [-0.05, 0) is 48.6 Å². The van der Waals surface area contributed by atoms with Crippen molar-refractivity contribution in [2.45, 2.75) is 25.9 Å². The number of benzene rings is 2. The minimum atomic E-state index is -0.530. The maximum atomic E-state index is 13.9. The average molecular weight is 415 g/mol. The van der Waals surface area contributed by atoms with Crippen LogP contribution in [0.2, 0.25) is 0 Å². The third-order valence-electron chi connectivity index (χ3n) is 5.58. The van der Waals surface area contributed by atoms with E-state index >= 15 is 0 Å². The Morgan fingerprint density at radius 3 is 2.68 bits per heavy atom. The van der Waals surface area contributed by atoms with E-state index in [4.69, 9.17) is 0 Å². The molecule has 0 atom stereocenters. The highest BCUT2D eigenvalue weighted by atomic mass is 19.1. The highest BCUT2D eigenvalue weighted by molar-refractivity contribution is 5.72. The zero-order chi connectivity index (χ0) is 21.5. The Balaban J connectivity index is 1.77. The number of aromatic nitrogens is 4. The highest BCUT2D eigenvalue weighted by Gasteiger charge is 2.26. The van der Waals surface area contributed by atoms with Crippen molar-refractivity contribution < 1.29 is 4.39 Å². The fourth-order valence-corrected chi connectivity index (χ4v) is 3.82. The SMILES string of the molecule is N#Cc1ccccc1Cn1cnc2c1c(=O)n(CC1CC1)c(=O)n2-c1cccc(F)c1. The van der Waals surface area contributed by atoms with Crippen molar-refractivity contribution in [3.05, 3.63) is 92.6 Å². The Labute approximate surface area is 176 Å². The lowest BCUT2D eigenvalue weighted by atomic mass is 10.1. The summed E-state index contributed by atoms with van der Waals surface area (Å²) in [5.41, 5.74) is 1.01. The number of hydrogen-bond donors (Lipinski definition) is 0. The molecule has 5 rings (SSSR count). The molecular weight excluding hydrogens is 397 g/mol. The zero-order valence-electron chi connectivity index (χ0n) is 16.5. The molecule has 1 fully saturated rings. The van der Waals surface area contributed by atoms with E-state index in [1.54, 1.807) is 22.8 Å². The normalized spacial score (nSPS) is 13.4. The molecule has 2 aromatic heterocycles. The molecule has 0 N–H and O–H groups in total. The molecule has 1 aliphatic rings. The second-order valence-electron chi connectivity index (χ2n) is 7.77. The lowest BCUT2D eigenvalue weighted by Gasteiger charge is -2.13. The van der Waals surface area contributed by atoms with Crippen LogP contribution >= 0.6 is 0 Å². The number of imidazole rings is 1. The van der Waals surface area contributed by atoms with E-state index in [9.17, 15) is 19.2 Å². The van der Waals surface area contributed by atoms with Gasteiger partial charge in [-0.15, -0.1) is 0 Å². The summed E-state index contributed by atoms with van der Waals surface area (Å²) < 4.78 is 18.1. The van der Waals surface area contributed by atoms with Gasteiger partial charge >= 0.3 is 5.69 Å². The van der Waals surface area contributed by atoms with Gasteiger partial charge in [0.2, 0.25) is 0 Å². The van der Waals surface area contributed by atoms with Crippen molar-refractivity contribution in [2.75, 3.05) is 0 Å². The second-order valence-corrected chi connectivity index (χ2v) is 7.77. The third kappa shape index (κ3) is 3.34. The van der Waals surface area contributed by atoms with Crippen molar-refractivity contribution >= 4 is 11.2 Å². The smallest absolute Gasteiger partial charge is 0.320 e. The largest absolute Gasteiger partial charge is 0.337 e. The lowest BCUT2D eigenvalue weighted by Crippen LogP contribution is -2.40. The van der Waals surface area contributed by atoms with E-state index in [-0.39, 0.29) is 17.7 Å². The highest BCUT2D eigenvalue weighted by Crippen LogP contribution is 2.30. The maximum absolute atomic E-state index is 13.9. The topological polar surface area (TPSA) is 85.6 Å². The number of rotatable bonds is 5. The summed E-state index contributed by atoms with van der Waals surface area (Å²) in [6.45, 7) is 0.573. The first-order valence-corrected chi connectivity index (χ1v) is 10.0. The molecule has 2 aromatic carbocycles. The van der Waals surface area contributed by atoms with Crippen LogP contribution in [0.25, 0.3) is 16.9 Å². The average Bonchev–Trinajstić information content (AvgIpc) is 3.50. The number of hydrogen-bond acceptors (Lipinski definition) is 4. The molecule has 0 radical (unpaired) electrons. The third-order valence-corrected chi connectivity index (χ3v) is 5.58. The molecule has 154 valence electrons. The fraction of sp³-hybridized carbons (Fsp3) is 0.217. The van der Waals surface area contributed by atoms with Crippen LogP contribution in [0.15, 0.2) is 64.4 Å². The number of nitrogens with zero attached hydrogens (tertiary/aromatic N) is 5. The first-order chi connectivity index (χ1) is 15.1. The van der Waals surface area contributed by atoms with Crippen molar-refractivity contribution in [1.82, 2.24) is 18.7 Å². The Hall–Kier alpha value is -3.99. The maximum Gasteiger partial charge on any atom is 0.337 e. The Kier molecular flexibility index (Phi) is 4.51. The monoisotopic (exact) mass is 415 g/mol. The van der Waals surface area contributed by atoms with Crippen LogP contribution in [0.1, 0.15) is 24.0 Å².